The fourth-order valence-corrected chi connectivity index (χ4v) is 3.45. The number of carbonyl (C=O) groups excluding carboxylic acids is 2. The molecule has 0 N–H and O–H groups in total. The number of Topliss-reactive ketones (excluding diaryl/α,β-unsaturated/α-hetero) is 1. The molecule has 0 bridgehead atoms. The summed E-state index contributed by atoms with van der Waals surface area (Å²) in [5.41, 5.74) is 0.448. The number of piperidine rings is 1. The Labute approximate surface area is 136 Å². The van der Waals surface area contributed by atoms with Crippen LogP contribution >= 0.6 is 11.3 Å². The molecule has 1 aliphatic heterocycles. The van der Waals surface area contributed by atoms with Gasteiger partial charge in [0, 0.05) is 24.4 Å². The van der Waals surface area contributed by atoms with E-state index in [1.807, 2.05) is 5.38 Å². The zero-order valence-electron chi connectivity index (χ0n) is 12.3. The Hall–Kier alpha value is -2.08. The molecule has 120 valence electrons. The van der Waals surface area contributed by atoms with E-state index in [2.05, 4.69) is 0 Å². The number of nitrogens with zero attached hydrogens (tertiary/aromatic N) is 1. The SMILES string of the molecule is O=C(c1cc(F)ccc1F)C1CCN(C(=O)c2ccsc2)CC1. The van der Waals surface area contributed by atoms with Crippen molar-refractivity contribution in [2.45, 2.75) is 12.8 Å². The minimum absolute atomic E-state index is 0.0471. The zero-order valence-corrected chi connectivity index (χ0v) is 13.1. The van der Waals surface area contributed by atoms with E-state index in [0.717, 1.165) is 18.2 Å². The zero-order chi connectivity index (χ0) is 16.4. The van der Waals surface area contributed by atoms with Crippen LogP contribution in [0.25, 0.3) is 0 Å². The Morgan fingerprint density at radius 1 is 1.13 bits per heavy atom. The second kappa shape index (κ2) is 6.58. The van der Waals surface area contributed by atoms with Gasteiger partial charge in [-0.05, 0) is 42.5 Å². The first-order chi connectivity index (χ1) is 11.1. The molecule has 0 aliphatic carbocycles. The van der Waals surface area contributed by atoms with Crippen molar-refractivity contribution in [2.75, 3.05) is 13.1 Å². The van der Waals surface area contributed by atoms with Crippen LogP contribution in [0.1, 0.15) is 33.6 Å². The highest BCUT2D eigenvalue weighted by Gasteiger charge is 2.29. The summed E-state index contributed by atoms with van der Waals surface area (Å²) in [6.45, 7) is 0.893. The molecule has 1 aromatic carbocycles. The molecule has 6 heteroatoms. The van der Waals surface area contributed by atoms with Gasteiger partial charge in [0.05, 0.1) is 11.1 Å². The maximum Gasteiger partial charge on any atom is 0.254 e. The molecular formula is C17H15F2NO2S. The van der Waals surface area contributed by atoms with E-state index in [0.29, 0.717) is 31.5 Å². The van der Waals surface area contributed by atoms with Gasteiger partial charge in [-0.2, -0.15) is 11.3 Å². The third kappa shape index (κ3) is 3.32. The first-order valence-electron chi connectivity index (χ1n) is 7.37. The van der Waals surface area contributed by atoms with Crippen LogP contribution in [0.5, 0.6) is 0 Å². The molecule has 0 atom stereocenters. The lowest BCUT2D eigenvalue weighted by Gasteiger charge is -2.31. The third-order valence-corrected chi connectivity index (χ3v) is 4.80. The van der Waals surface area contributed by atoms with Crippen molar-refractivity contribution in [2.24, 2.45) is 5.92 Å². The molecule has 0 saturated carbocycles. The smallest absolute Gasteiger partial charge is 0.254 e. The summed E-state index contributed by atoms with van der Waals surface area (Å²) in [6, 6.07) is 4.68. The highest BCUT2D eigenvalue weighted by Crippen LogP contribution is 2.25. The van der Waals surface area contributed by atoms with E-state index < -0.39 is 11.6 Å². The summed E-state index contributed by atoms with van der Waals surface area (Å²) in [7, 11) is 0. The summed E-state index contributed by atoms with van der Waals surface area (Å²) in [5.74, 6) is -2.13. The monoisotopic (exact) mass is 335 g/mol. The number of amides is 1. The van der Waals surface area contributed by atoms with Crippen molar-refractivity contribution in [1.82, 2.24) is 4.90 Å². The summed E-state index contributed by atoms with van der Waals surface area (Å²) >= 11 is 1.46. The van der Waals surface area contributed by atoms with Crippen LogP contribution in [0.15, 0.2) is 35.0 Å². The van der Waals surface area contributed by atoms with Crippen molar-refractivity contribution in [3.8, 4) is 0 Å². The van der Waals surface area contributed by atoms with Gasteiger partial charge in [0.15, 0.2) is 5.78 Å². The molecule has 1 aliphatic rings. The van der Waals surface area contributed by atoms with Gasteiger partial charge in [0.1, 0.15) is 11.6 Å². The van der Waals surface area contributed by atoms with Crippen LogP contribution in [0.4, 0.5) is 8.78 Å². The lowest BCUT2D eigenvalue weighted by Crippen LogP contribution is -2.40. The first kappa shape index (κ1) is 15.8. The molecule has 0 unspecified atom stereocenters. The lowest BCUT2D eigenvalue weighted by atomic mass is 9.88. The third-order valence-electron chi connectivity index (χ3n) is 4.11. The van der Waals surface area contributed by atoms with Gasteiger partial charge in [-0.3, -0.25) is 9.59 Å². The fourth-order valence-electron chi connectivity index (χ4n) is 2.82. The van der Waals surface area contributed by atoms with Gasteiger partial charge in [-0.1, -0.05) is 0 Å². The van der Waals surface area contributed by atoms with E-state index in [-0.39, 0.29) is 23.2 Å². The van der Waals surface area contributed by atoms with Crippen LogP contribution in [-0.2, 0) is 0 Å². The number of benzene rings is 1. The number of rotatable bonds is 3. The van der Waals surface area contributed by atoms with Crippen molar-refractivity contribution in [3.63, 3.8) is 0 Å². The predicted octanol–water partition coefficient (Wildman–Crippen LogP) is 3.76. The number of hydrogen-bond donors (Lipinski definition) is 0. The van der Waals surface area contributed by atoms with E-state index in [1.54, 1.807) is 16.3 Å². The minimum Gasteiger partial charge on any atom is -0.339 e. The van der Waals surface area contributed by atoms with Gasteiger partial charge in [0.25, 0.3) is 5.91 Å². The molecule has 1 fully saturated rings. The maximum absolute atomic E-state index is 13.7. The highest BCUT2D eigenvalue weighted by molar-refractivity contribution is 7.08. The Bertz CT molecular complexity index is 722. The molecule has 1 saturated heterocycles. The first-order valence-corrected chi connectivity index (χ1v) is 8.31. The van der Waals surface area contributed by atoms with Crippen LogP contribution < -0.4 is 0 Å². The fraction of sp³-hybridized carbons (Fsp3) is 0.294. The predicted molar refractivity (Wildman–Crippen MR) is 83.6 cm³/mol. The van der Waals surface area contributed by atoms with Gasteiger partial charge >= 0.3 is 0 Å². The molecule has 1 amide bonds. The van der Waals surface area contributed by atoms with Crippen molar-refractivity contribution >= 4 is 23.0 Å². The Morgan fingerprint density at radius 3 is 2.52 bits per heavy atom. The quantitative estimate of drug-likeness (QED) is 0.801. The molecular weight excluding hydrogens is 320 g/mol. The van der Waals surface area contributed by atoms with Crippen molar-refractivity contribution < 1.29 is 18.4 Å². The Balaban J connectivity index is 1.66. The van der Waals surface area contributed by atoms with Gasteiger partial charge in [-0.25, -0.2) is 8.78 Å². The van der Waals surface area contributed by atoms with E-state index in [1.165, 1.54) is 11.3 Å². The molecule has 23 heavy (non-hydrogen) atoms. The second-order valence-electron chi connectivity index (χ2n) is 5.57. The molecule has 1 aromatic heterocycles. The molecule has 0 radical (unpaired) electrons. The summed E-state index contributed by atoms with van der Waals surface area (Å²) in [4.78, 5) is 26.3. The van der Waals surface area contributed by atoms with Crippen LogP contribution in [-0.4, -0.2) is 29.7 Å². The molecule has 3 rings (SSSR count). The maximum atomic E-state index is 13.7. The molecule has 2 heterocycles. The molecule has 0 spiro atoms. The number of carbonyl (C=O) groups is 2. The van der Waals surface area contributed by atoms with Crippen LogP contribution in [0.3, 0.4) is 0 Å². The lowest BCUT2D eigenvalue weighted by molar-refractivity contribution is 0.0649. The Kier molecular flexibility index (Phi) is 4.52. The van der Waals surface area contributed by atoms with Gasteiger partial charge in [-0.15, -0.1) is 0 Å². The standard InChI is InChI=1S/C17H15F2NO2S/c18-13-1-2-15(19)14(9-13)16(21)11-3-6-20(7-4-11)17(22)12-5-8-23-10-12/h1-2,5,8-11H,3-4,6-7H2. The number of halogens is 2. The second-order valence-corrected chi connectivity index (χ2v) is 6.35. The highest BCUT2D eigenvalue weighted by atomic mass is 32.1. The Morgan fingerprint density at radius 2 is 1.87 bits per heavy atom. The largest absolute Gasteiger partial charge is 0.339 e. The van der Waals surface area contributed by atoms with E-state index in [9.17, 15) is 18.4 Å². The average molecular weight is 335 g/mol. The normalized spacial score (nSPS) is 15.7. The summed E-state index contributed by atoms with van der Waals surface area (Å²) < 4.78 is 26.9. The average Bonchev–Trinajstić information content (AvgIpc) is 3.10. The van der Waals surface area contributed by atoms with Crippen molar-refractivity contribution in [3.05, 3.63) is 57.8 Å². The van der Waals surface area contributed by atoms with E-state index in [4.69, 9.17) is 0 Å². The van der Waals surface area contributed by atoms with Crippen LogP contribution in [0, 0.1) is 17.6 Å². The van der Waals surface area contributed by atoms with Crippen molar-refractivity contribution in [1.29, 1.82) is 0 Å². The molecule has 3 nitrogen and oxygen atoms in total. The van der Waals surface area contributed by atoms with Crippen LogP contribution in [0.2, 0.25) is 0 Å². The van der Waals surface area contributed by atoms with Gasteiger partial charge < -0.3 is 4.90 Å². The summed E-state index contributed by atoms with van der Waals surface area (Å²) in [5, 5.41) is 3.64. The molecule has 2 aromatic rings. The van der Waals surface area contributed by atoms with Gasteiger partial charge in [0.2, 0.25) is 0 Å². The topological polar surface area (TPSA) is 37.4 Å². The van der Waals surface area contributed by atoms with E-state index >= 15 is 0 Å². The number of ketones is 1. The number of likely N-dealkylation sites (tertiary alicyclic amines) is 1. The summed E-state index contributed by atoms with van der Waals surface area (Å²) in [6.07, 6.45) is 0.926. The minimum atomic E-state index is -0.701. The number of thiophene rings is 1. The number of hydrogen-bond acceptors (Lipinski definition) is 3.